The van der Waals surface area contributed by atoms with Gasteiger partial charge in [0.15, 0.2) is 11.6 Å². The highest BCUT2D eigenvalue weighted by molar-refractivity contribution is 7.98. The van der Waals surface area contributed by atoms with E-state index in [0.717, 1.165) is 17.0 Å². The Kier molecular flexibility index (Phi) is 11.0. The van der Waals surface area contributed by atoms with Crippen molar-refractivity contribution in [2.45, 2.75) is 79.1 Å². The number of hydrogen-bond donors (Lipinski definition) is 2. The first-order valence-electron chi connectivity index (χ1n) is 15.1. The number of nitrogens with zero attached hydrogens (tertiary/aromatic N) is 6. The molecular weight excluding hydrogens is 564 g/mol. The van der Waals surface area contributed by atoms with Crippen LogP contribution in [0.15, 0.2) is 30.3 Å². The molecule has 2 N–H and O–H groups in total. The summed E-state index contributed by atoms with van der Waals surface area (Å²) in [6, 6.07) is 8.60. The number of rotatable bonds is 7. The summed E-state index contributed by atoms with van der Waals surface area (Å²) in [7, 11) is 0. The summed E-state index contributed by atoms with van der Waals surface area (Å²) in [5.74, 6) is 1.35. The van der Waals surface area contributed by atoms with Crippen molar-refractivity contribution in [1.29, 1.82) is 0 Å². The molecule has 232 valence electrons. The van der Waals surface area contributed by atoms with Crippen LogP contribution in [0, 0.1) is 19.8 Å². The lowest BCUT2D eigenvalue weighted by atomic mass is 10.0. The molecule has 0 radical (unpaired) electrons. The minimum atomic E-state index is -0.669. The van der Waals surface area contributed by atoms with Gasteiger partial charge >= 0.3 is 0 Å². The smallest absolute Gasteiger partial charge is 0.257 e. The second-order valence-electron chi connectivity index (χ2n) is 11.3. The number of hydrogen-bond acceptors (Lipinski definition) is 7. The summed E-state index contributed by atoms with van der Waals surface area (Å²) in [5.41, 5.74) is 2.98. The highest BCUT2D eigenvalue weighted by Crippen LogP contribution is 2.25. The van der Waals surface area contributed by atoms with Gasteiger partial charge < -0.3 is 15.5 Å². The number of fused-ring (bicyclic) bond motifs is 1. The van der Waals surface area contributed by atoms with E-state index in [1.807, 2.05) is 80.6 Å². The minimum Gasteiger partial charge on any atom is -0.344 e. The number of carbonyl (C=O) groups is 3. The lowest BCUT2D eigenvalue weighted by molar-refractivity contribution is -0.129. The number of carbonyl (C=O) groups excluding carboxylic acids is 3. The molecule has 12 heteroatoms. The summed E-state index contributed by atoms with van der Waals surface area (Å²) in [4.78, 5) is 47.3. The third kappa shape index (κ3) is 7.65. The first-order valence-corrected chi connectivity index (χ1v) is 16.5. The summed E-state index contributed by atoms with van der Waals surface area (Å²) in [6.45, 7) is 11.6. The Hall–Kier alpha value is -3.67. The molecule has 3 aromatic rings. The first kappa shape index (κ1) is 32.2. The maximum absolute atomic E-state index is 14.0. The Labute approximate surface area is 258 Å². The van der Waals surface area contributed by atoms with Crippen LogP contribution in [-0.4, -0.2) is 78.3 Å². The van der Waals surface area contributed by atoms with E-state index in [1.165, 1.54) is 0 Å². The Bertz CT molecular complexity index is 1420. The highest BCUT2D eigenvalue weighted by atomic mass is 32.2. The summed E-state index contributed by atoms with van der Waals surface area (Å²) >= 11 is 1.63. The van der Waals surface area contributed by atoms with Crippen molar-refractivity contribution >= 4 is 29.5 Å². The molecule has 1 aliphatic heterocycles. The molecule has 0 bridgehead atoms. The van der Waals surface area contributed by atoms with Gasteiger partial charge in [-0.05, 0) is 51.5 Å². The molecule has 0 saturated heterocycles. The average Bonchev–Trinajstić information content (AvgIpc) is 3.54. The van der Waals surface area contributed by atoms with Crippen molar-refractivity contribution in [2.24, 2.45) is 5.92 Å². The van der Waals surface area contributed by atoms with Crippen molar-refractivity contribution in [2.75, 3.05) is 25.1 Å². The predicted molar refractivity (Wildman–Crippen MR) is 169 cm³/mol. The van der Waals surface area contributed by atoms with Crippen LogP contribution in [-0.2, 0) is 22.7 Å². The fraction of sp³-hybridized carbons (Fsp3) is 0.548. The summed E-state index contributed by atoms with van der Waals surface area (Å²) in [6.07, 6.45) is 3.16. The van der Waals surface area contributed by atoms with Gasteiger partial charge in [0, 0.05) is 37.3 Å². The molecular formula is C31H44N8O3S. The molecule has 4 rings (SSSR count). The maximum Gasteiger partial charge on any atom is 0.257 e. The Balaban J connectivity index is 1.75. The molecule has 0 fully saturated rings. The third-order valence-corrected chi connectivity index (χ3v) is 8.48. The minimum absolute atomic E-state index is 0.0109. The molecule has 3 heterocycles. The molecule has 1 aromatic carbocycles. The molecule has 2 aromatic heterocycles. The van der Waals surface area contributed by atoms with Crippen molar-refractivity contribution in [3.63, 3.8) is 0 Å². The fourth-order valence-electron chi connectivity index (χ4n) is 5.45. The van der Waals surface area contributed by atoms with Gasteiger partial charge in [0.25, 0.3) is 5.91 Å². The molecule has 11 nitrogen and oxygen atoms in total. The van der Waals surface area contributed by atoms with Gasteiger partial charge in [-0.15, -0.1) is 0 Å². The van der Waals surface area contributed by atoms with Crippen LogP contribution in [0.4, 0.5) is 0 Å². The molecule has 1 unspecified atom stereocenters. The van der Waals surface area contributed by atoms with E-state index in [9.17, 15) is 14.4 Å². The van der Waals surface area contributed by atoms with Crippen LogP contribution in [0.3, 0.4) is 0 Å². The van der Waals surface area contributed by atoms with Gasteiger partial charge in [0.2, 0.25) is 11.8 Å². The van der Waals surface area contributed by atoms with E-state index in [1.54, 1.807) is 16.7 Å². The molecule has 43 heavy (non-hydrogen) atoms. The van der Waals surface area contributed by atoms with Crippen molar-refractivity contribution in [3.8, 4) is 11.4 Å². The summed E-state index contributed by atoms with van der Waals surface area (Å²) in [5, 5.41) is 15.6. The van der Waals surface area contributed by atoms with Crippen molar-refractivity contribution in [3.05, 3.63) is 53.1 Å². The Morgan fingerprint density at radius 2 is 1.81 bits per heavy atom. The zero-order chi connectivity index (χ0) is 31.1. The standard InChI is InChI=1S/C31H44N8O3S/c1-7-38-22(5)26(21(4)35-38)31(42)37-16-11-14-25(40)32-24(15-19-43-6)30(41)33-27(20(2)3)29-34-28(36-39(29)18-17-37)23-12-9-8-10-13-23/h8-10,12-13,20,24,27H,7,11,14-19H2,1-6H3,(H,32,40)(H,33,41)/t24-,27?/m0/s1. The van der Waals surface area contributed by atoms with E-state index in [2.05, 4.69) is 15.7 Å². The van der Waals surface area contributed by atoms with Crippen molar-refractivity contribution < 1.29 is 14.4 Å². The largest absolute Gasteiger partial charge is 0.344 e. The number of benzene rings is 1. The van der Waals surface area contributed by atoms with Gasteiger partial charge in [-0.25, -0.2) is 9.67 Å². The zero-order valence-electron chi connectivity index (χ0n) is 26.1. The van der Waals surface area contributed by atoms with E-state index in [4.69, 9.17) is 10.1 Å². The van der Waals surface area contributed by atoms with Gasteiger partial charge in [0.05, 0.1) is 23.8 Å². The fourth-order valence-corrected chi connectivity index (χ4v) is 5.92. The van der Waals surface area contributed by atoms with Crippen LogP contribution in [0.25, 0.3) is 11.4 Å². The van der Waals surface area contributed by atoms with Crippen LogP contribution >= 0.6 is 11.8 Å². The van der Waals surface area contributed by atoms with Crippen LogP contribution in [0.2, 0.25) is 0 Å². The zero-order valence-corrected chi connectivity index (χ0v) is 26.9. The SMILES string of the molecule is CCn1nc(C)c(C(=O)N2CCCC(=O)N[C@@H](CCSC)C(=O)NC(C(C)C)c3nc(-c4ccccc4)nn3CC2)c1C. The lowest BCUT2D eigenvalue weighted by Crippen LogP contribution is -2.49. The number of aryl methyl sites for hydroxylation is 2. The van der Waals surface area contributed by atoms with Crippen LogP contribution < -0.4 is 10.6 Å². The number of thioether (sulfide) groups is 1. The van der Waals surface area contributed by atoms with Crippen LogP contribution in [0.1, 0.15) is 73.6 Å². The second-order valence-corrected chi connectivity index (χ2v) is 12.3. The van der Waals surface area contributed by atoms with Gasteiger partial charge in [0.1, 0.15) is 6.04 Å². The molecule has 2 atom stereocenters. The predicted octanol–water partition coefficient (Wildman–Crippen LogP) is 3.77. The number of nitrogens with one attached hydrogen (secondary N) is 2. The van der Waals surface area contributed by atoms with Gasteiger partial charge in [-0.3, -0.25) is 19.1 Å². The van der Waals surface area contributed by atoms with E-state index >= 15 is 0 Å². The van der Waals surface area contributed by atoms with E-state index in [0.29, 0.717) is 61.9 Å². The summed E-state index contributed by atoms with van der Waals surface area (Å²) < 4.78 is 3.66. The quantitative estimate of drug-likeness (QED) is 0.418. The highest BCUT2D eigenvalue weighted by Gasteiger charge is 2.31. The van der Waals surface area contributed by atoms with Crippen molar-refractivity contribution in [1.82, 2.24) is 40.1 Å². The lowest BCUT2D eigenvalue weighted by Gasteiger charge is -2.28. The average molecular weight is 609 g/mol. The van der Waals surface area contributed by atoms with Crippen LogP contribution in [0.5, 0.6) is 0 Å². The Morgan fingerprint density at radius 3 is 2.47 bits per heavy atom. The molecule has 1 aliphatic rings. The number of amides is 3. The van der Waals surface area contributed by atoms with E-state index < -0.39 is 12.1 Å². The van der Waals surface area contributed by atoms with E-state index in [-0.39, 0.29) is 30.1 Å². The topological polar surface area (TPSA) is 127 Å². The third-order valence-electron chi connectivity index (χ3n) is 7.83. The Morgan fingerprint density at radius 1 is 1.07 bits per heavy atom. The molecule has 0 aliphatic carbocycles. The van der Waals surface area contributed by atoms with Gasteiger partial charge in [-0.1, -0.05) is 44.2 Å². The molecule has 0 saturated carbocycles. The van der Waals surface area contributed by atoms with Gasteiger partial charge in [-0.2, -0.15) is 22.0 Å². The normalized spacial score (nSPS) is 18.6. The molecule has 3 amide bonds. The second kappa shape index (κ2) is 14.7. The maximum atomic E-state index is 14.0. The number of aromatic nitrogens is 5. The first-order chi connectivity index (χ1) is 20.6. The monoisotopic (exact) mass is 608 g/mol. The molecule has 0 spiro atoms.